The van der Waals surface area contributed by atoms with E-state index in [0.29, 0.717) is 5.82 Å². The van der Waals surface area contributed by atoms with Crippen molar-refractivity contribution in [2.45, 2.75) is 63.5 Å². The van der Waals surface area contributed by atoms with Crippen LogP contribution in [0.4, 0.5) is 0 Å². The monoisotopic (exact) mass is 405 g/mol. The molecular formula is C22H27N7O. The van der Waals surface area contributed by atoms with E-state index in [1.807, 2.05) is 37.4 Å². The molecule has 30 heavy (non-hydrogen) atoms. The largest absolute Gasteiger partial charge is 0.348 e. The molecule has 5 rings (SSSR count). The van der Waals surface area contributed by atoms with Gasteiger partial charge in [0.05, 0.1) is 11.7 Å². The van der Waals surface area contributed by atoms with Gasteiger partial charge in [-0.05, 0) is 56.6 Å². The van der Waals surface area contributed by atoms with Crippen molar-refractivity contribution in [2.75, 3.05) is 0 Å². The van der Waals surface area contributed by atoms with E-state index in [9.17, 15) is 4.79 Å². The third kappa shape index (κ3) is 3.62. The van der Waals surface area contributed by atoms with E-state index in [4.69, 9.17) is 0 Å². The molecule has 2 aliphatic rings. The van der Waals surface area contributed by atoms with Crippen LogP contribution in [-0.4, -0.2) is 41.9 Å². The van der Waals surface area contributed by atoms with Gasteiger partial charge >= 0.3 is 0 Å². The maximum absolute atomic E-state index is 13.0. The number of hydrogen-bond donors (Lipinski definition) is 1. The first-order valence-corrected chi connectivity index (χ1v) is 10.9. The third-order valence-corrected chi connectivity index (χ3v) is 6.35. The fraction of sp³-hybridized carbons (Fsp3) is 0.500. The molecule has 1 fully saturated rings. The first kappa shape index (κ1) is 19.0. The molecule has 8 nitrogen and oxygen atoms in total. The summed E-state index contributed by atoms with van der Waals surface area (Å²) in [7, 11) is 1.88. The molecule has 0 radical (unpaired) electrons. The summed E-state index contributed by atoms with van der Waals surface area (Å²) < 4.78 is 1.77. The smallest absolute Gasteiger partial charge is 0.270 e. The Morgan fingerprint density at radius 1 is 1.03 bits per heavy atom. The van der Waals surface area contributed by atoms with Crippen LogP contribution in [0.25, 0.3) is 11.4 Å². The standard InChI is InChI=1S/C22H27N7O/c1-28-20(18-9-5-6-10-19(18)25-28)22(30)23-16-11-13-17(14-12-16)29-26-21(24-27-29)15-7-3-2-4-8-15/h2-4,7-8,16-17H,5-6,9-14H2,1H3,(H,23,30). The van der Waals surface area contributed by atoms with Crippen LogP contribution in [0.3, 0.4) is 0 Å². The molecule has 8 heteroatoms. The lowest BCUT2D eigenvalue weighted by Crippen LogP contribution is -2.39. The lowest BCUT2D eigenvalue weighted by molar-refractivity contribution is 0.0910. The predicted octanol–water partition coefficient (Wildman–Crippen LogP) is 2.87. The van der Waals surface area contributed by atoms with Crippen LogP contribution in [0.2, 0.25) is 0 Å². The number of aromatic nitrogens is 6. The Morgan fingerprint density at radius 3 is 2.60 bits per heavy atom. The molecule has 1 saturated carbocycles. The second-order valence-corrected chi connectivity index (χ2v) is 8.38. The first-order chi connectivity index (χ1) is 14.7. The lowest BCUT2D eigenvalue weighted by atomic mass is 9.91. The van der Waals surface area contributed by atoms with Gasteiger partial charge in [0.1, 0.15) is 5.69 Å². The van der Waals surface area contributed by atoms with E-state index < -0.39 is 0 Å². The van der Waals surface area contributed by atoms with Gasteiger partial charge < -0.3 is 5.32 Å². The molecule has 3 aromatic rings. The summed E-state index contributed by atoms with van der Waals surface area (Å²) >= 11 is 0. The van der Waals surface area contributed by atoms with Crippen LogP contribution in [0.15, 0.2) is 30.3 Å². The van der Waals surface area contributed by atoms with Crippen LogP contribution in [0.1, 0.15) is 66.3 Å². The number of aryl methyl sites for hydroxylation is 2. The fourth-order valence-corrected chi connectivity index (χ4v) is 4.75. The van der Waals surface area contributed by atoms with Gasteiger partial charge in [-0.25, -0.2) is 0 Å². The minimum absolute atomic E-state index is 0.0156. The Kier molecular flexibility index (Phi) is 5.06. The van der Waals surface area contributed by atoms with Crippen molar-refractivity contribution < 1.29 is 4.79 Å². The number of rotatable bonds is 4. The Balaban J connectivity index is 1.20. The molecule has 0 bridgehead atoms. The molecule has 2 aliphatic carbocycles. The summed E-state index contributed by atoms with van der Waals surface area (Å²) in [6.07, 6.45) is 7.94. The molecule has 0 unspecified atom stereocenters. The van der Waals surface area contributed by atoms with Crippen molar-refractivity contribution in [3.05, 3.63) is 47.3 Å². The number of hydrogen-bond acceptors (Lipinski definition) is 5. The normalized spacial score (nSPS) is 21.2. The lowest BCUT2D eigenvalue weighted by Gasteiger charge is -2.28. The highest BCUT2D eigenvalue weighted by Crippen LogP contribution is 2.29. The summed E-state index contributed by atoms with van der Waals surface area (Å²) in [5.41, 5.74) is 3.97. The van der Waals surface area contributed by atoms with Gasteiger partial charge in [0.2, 0.25) is 5.82 Å². The second kappa shape index (κ2) is 8.01. The van der Waals surface area contributed by atoms with Crippen LogP contribution >= 0.6 is 0 Å². The predicted molar refractivity (Wildman–Crippen MR) is 112 cm³/mol. The zero-order chi connectivity index (χ0) is 20.5. The third-order valence-electron chi connectivity index (χ3n) is 6.35. The van der Waals surface area contributed by atoms with Crippen molar-refractivity contribution in [1.29, 1.82) is 0 Å². The minimum atomic E-state index is 0.0156. The van der Waals surface area contributed by atoms with Crippen molar-refractivity contribution in [3.63, 3.8) is 0 Å². The average molecular weight is 406 g/mol. The van der Waals surface area contributed by atoms with Crippen LogP contribution in [-0.2, 0) is 19.9 Å². The number of carbonyl (C=O) groups is 1. The SMILES string of the molecule is Cn1nc2c(c1C(=O)NC1CCC(n3nnc(-c4ccccc4)n3)CC1)CCCC2. The highest BCUT2D eigenvalue weighted by Gasteiger charge is 2.29. The van der Waals surface area contributed by atoms with E-state index in [-0.39, 0.29) is 18.0 Å². The molecule has 0 atom stereocenters. The molecule has 0 aliphatic heterocycles. The Morgan fingerprint density at radius 2 is 1.80 bits per heavy atom. The number of nitrogens with zero attached hydrogens (tertiary/aromatic N) is 6. The summed E-state index contributed by atoms with van der Waals surface area (Å²) in [5.74, 6) is 0.675. The summed E-state index contributed by atoms with van der Waals surface area (Å²) in [6, 6.07) is 10.3. The second-order valence-electron chi connectivity index (χ2n) is 8.38. The highest BCUT2D eigenvalue weighted by molar-refractivity contribution is 5.94. The topological polar surface area (TPSA) is 90.5 Å². The molecule has 1 amide bonds. The van der Waals surface area contributed by atoms with Crippen molar-refractivity contribution in [1.82, 2.24) is 35.3 Å². The average Bonchev–Trinajstić information content (AvgIpc) is 3.39. The van der Waals surface area contributed by atoms with Gasteiger partial charge in [-0.1, -0.05) is 30.3 Å². The molecule has 2 aromatic heterocycles. The van der Waals surface area contributed by atoms with Crippen molar-refractivity contribution >= 4 is 5.91 Å². The molecule has 1 N–H and O–H groups in total. The number of benzene rings is 1. The summed E-state index contributed by atoms with van der Waals surface area (Å²) in [5, 5.41) is 20.9. The Labute approximate surface area is 175 Å². The highest BCUT2D eigenvalue weighted by atomic mass is 16.2. The number of carbonyl (C=O) groups excluding carboxylic acids is 1. The van der Waals surface area contributed by atoms with E-state index in [2.05, 4.69) is 25.8 Å². The molecule has 156 valence electrons. The van der Waals surface area contributed by atoms with E-state index in [1.165, 1.54) is 0 Å². The van der Waals surface area contributed by atoms with Gasteiger partial charge in [0.25, 0.3) is 5.91 Å². The molecule has 0 spiro atoms. The maximum atomic E-state index is 13.0. The van der Waals surface area contributed by atoms with Crippen LogP contribution in [0.5, 0.6) is 0 Å². The van der Waals surface area contributed by atoms with Crippen LogP contribution in [0, 0.1) is 0 Å². The number of tetrazole rings is 1. The van der Waals surface area contributed by atoms with Gasteiger partial charge in [-0.2, -0.15) is 9.90 Å². The van der Waals surface area contributed by atoms with Gasteiger partial charge in [-0.15, -0.1) is 10.2 Å². The zero-order valence-corrected chi connectivity index (χ0v) is 17.3. The number of fused-ring (bicyclic) bond motifs is 1. The first-order valence-electron chi connectivity index (χ1n) is 10.9. The van der Waals surface area contributed by atoms with Crippen LogP contribution < -0.4 is 5.32 Å². The summed E-state index contributed by atoms with van der Waals surface area (Å²) in [4.78, 5) is 14.7. The Hall–Kier alpha value is -3.03. The summed E-state index contributed by atoms with van der Waals surface area (Å²) in [6.45, 7) is 0. The molecular weight excluding hydrogens is 378 g/mol. The maximum Gasteiger partial charge on any atom is 0.270 e. The quantitative estimate of drug-likeness (QED) is 0.721. The van der Waals surface area contributed by atoms with E-state index in [1.54, 1.807) is 9.48 Å². The minimum Gasteiger partial charge on any atom is -0.348 e. The van der Waals surface area contributed by atoms with Crippen molar-refractivity contribution in [2.24, 2.45) is 7.05 Å². The van der Waals surface area contributed by atoms with Gasteiger partial charge in [-0.3, -0.25) is 9.48 Å². The van der Waals surface area contributed by atoms with Gasteiger partial charge in [0, 0.05) is 24.2 Å². The van der Waals surface area contributed by atoms with E-state index in [0.717, 1.165) is 73.9 Å². The number of nitrogens with one attached hydrogen (secondary N) is 1. The fourth-order valence-electron chi connectivity index (χ4n) is 4.75. The number of amides is 1. The Bertz CT molecular complexity index is 1030. The van der Waals surface area contributed by atoms with Crippen molar-refractivity contribution in [3.8, 4) is 11.4 Å². The molecule has 0 saturated heterocycles. The zero-order valence-electron chi connectivity index (χ0n) is 17.3. The molecule has 2 heterocycles. The van der Waals surface area contributed by atoms with Gasteiger partial charge in [0.15, 0.2) is 0 Å². The molecule has 1 aromatic carbocycles. The van der Waals surface area contributed by atoms with E-state index >= 15 is 0 Å².